The van der Waals surface area contributed by atoms with Crippen molar-refractivity contribution in [1.29, 1.82) is 0 Å². The predicted octanol–water partition coefficient (Wildman–Crippen LogP) is 2.19. The van der Waals surface area contributed by atoms with Crippen LogP contribution in [-0.4, -0.2) is 9.35 Å². The van der Waals surface area contributed by atoms with Crippen molar-refractivity contribution < 1.29 is 30.5 Å². The van der Waals surface area contributed by atoms with Crippen LogP contribution in [0.25, 0.3) is 21.9 Å². The number of benzene rings is 2. The zero-order valence-electron chi connectivity index (χ0n) is 12.9. The van der Waals surface area contributed by atoms with Crippen molar-refractivity contribution in [2.24, 2.45) is 0 Å². The Kier molecular flexibility index (Phi) is 5.76. The second-order valence-electron chi connectivity index (χ2n) is 4.48. The molecule has 22 heavy (non-hydrogen) atoms. The molecule has 1 aromatic heterocycles. The zero-order valence-corrected chi connectivity index (χ0v) is 15.1. The molecule has 1 heterocycles. The van der Waals surface area contributed by atoms with Crippen LogP contribution in [0, 0.1) is 13.7 Å². The van der Waals surface area contributed by atoms with E-state index in [0.717, 1.165) is 30.8 Å². The fraction of sp³-hybridized carbons (Fsp3) is 0.294. The molecule has 0 radical (unpaired) electrons. The van der Waals surface area contributed by atoms with Crippen LogP contribution in [0.2, 0.25) is 0 Å². The van der Waals surface area contributed by atoms with Gasteiger partial charge in [-0.3, -0.25) is 0 Å². The van der Waals surface area contributed by atoms with Crippen molar-refractivity contribution in [2.75, 3.05) is 4.43 Å². The molecule has 3 rings (SSSR count). The Hall–Kier alpha value is -1.63. The topological polar surface area (TPSA) is 56.3 Å². The summed E-state index contributed by atoms with van der Waals surface area (Å²) in [4.78, 5) is 10.9. The van der Waals surface area contributed by atoms with Gasteiger partial charge in [0.15, 0.2) is 0 Å². The van der Waals surface area contributed by atoms with E-state index < -0.39 is 0 Å². The van der Waals surface area contributed by atoms with E-state index in [1.807, 2.05) is 44.2 Å². The van der Waals surface area contributed by atoms with Gasteiger partial charge in [0.1, 0.15) is 0 Å². The quantitative estimate of drug-likeness (QED) is 0.286. The standard InChI is InChI=1S/C15H13INO3.C2H6/c1-2-7-16-12-8-11-10-5-3-4-6-14(10)20-15(11)9-13(12)17(18)19;1-2/h3-6,8-9H,2,7H2,1H3;1-2H3/q-1;. The Bertz CT molecular complexity index is 795. The summed E-state index contributed by atoms with van der Waals surface area (Å²) in [6.07, 6.45) is 1.06. The number of nitrogens with zero attached hydrogens (tertiary/aromatic N) is 1. The van der Waals surface area contributed by atoms with Crippen LogP contribution >= 0.6 is 0 Å². The molecule has 118 valence electrons. The Morgan fingerprint density at radius 3 is 2.55 bits per heavy atom. The van der Waals surface area contributed by atoms with E-state index in [-0.39, 0.29) is 31.8 Å². The molecule has 0 bridgehead atoms. The van der Waals surface area contributed by atoms with Crippen LogP contribution in [0.4, 0.5) is 5.69 Å². The van der Waals surface area contributed by atoms with Gasteiger partial charge in [0.2, 0.25) is 0 Å². The number of hydrogen-bond donors (Lipinski definition) is 0. The van der Waals surface area contributed by atoms with E-state index in [1.165, 1.54) is 0 Å². The second-order valence-corrected chi connectivity index (χ2v) is 7.48. The van der Waals surface area contributed by atoms with Gasteiger partial charge in [0.05, 0.1) is 0 Å². The molecular weight excluding hydrogens is 393 g/mol. The third-order valence-corrected chi connectivity index (χ3v) is 6.37. The van der Waals surface area contributed by atoms with Crippen LogP contribution in [0.5, 0.6) is 0 Å². The van der Waals surface area contributed by atoms with Crippen LogP contribution in [-0.2, 0) is 0 Å². The first-order valence-electron chi connectivity index (χ1n) is 7.39. The van der Waals surface area contributed by atoms with E-state index >= 15 is 0 Å². The molecule has 4 nitrogen and oxygen atoms in total. The predicted molar refractivity (Wildman–Crippen MR) is 85.6 cm³/mol. The number of para-hydroxylation sites is 1. The summed E-state index contributed by atoms with van der Waals surface area (Å²) in [6.45, 7) is 6.11. The molecule has 0 unspecified atom stereocenters. The maximum atomic E-state index is 11.2. The van der Waals surface area contributed by atoms with Crippen molar-refractivity contribution in [2.45, 2.75) is 27.2 Å². The summed E-state index contributed by atoms with van der Waals surface area (Å²) in [5, 5.41) is 13.2. The first-order chi connectivity index (χ1) is 10.7. The fourth-order valence-electron chi connectivity index (χ4n) is 2.18. The summed E-state index contributed by atoms with van der Waals surface area (Å²) < 4.78 is 7.66. The summed E-state index contributed by atoms with van der Waals surface area (Å²) >= 11 is -0.324. The van der Waals surface area contributed by atoms with Crippen molar-refractivity contribution in [1.82, 2.24) is 0 Å². The van der Waals surface area contributed by atoms with Crippen LogP contribution in [0.1, 0.15) is 27.2 Å². The van der Waals surface area contributed by atoms with E-state index in [9.17, 15) is 10.1 Å². The Morgan fingerprint density at radius 2 is 1.86 bits per heavy atom. The maximum absolute atomic E-state index is 11.2. The van der Waals surface area contributed by atoms with Gasteiger partial charge in [-0.05, 0) is 0 Å². The number of fused-ring (bicyclic) bond motifs is 3. The first kappa shape index (κ1) is 16.7. The molecule has 0 spiro atoms. The number of rotatable bonds is 4. The van der Waals surface area contributed by atoms with Crippen LogP contribution < -0.4 is 21.2 Å². The van der Waals surface area contributed by atoms with Gasteiger partial charge in [-0.2, -0.15) is 0 Å². The molecular formula is C17H19INO3-. The number of halogens is 1. The number of nitro groups is 1. The second kappa shape index (κ2) is 7.58. The molecule has 0 saturated carbocycles. The van der Waals surface area contributed by atoms with Crippen molar-refractivity contribution in [3.05, 3.63) is 50.1 Å². The Morgan fingerprint density at radius 1 is 1.14 bits per heavy atom. The molecule has 0 amide bonds. The van der Waals surface area contributed by atoms with Crippen LogP contribution in [0.3, 0.4) is 0 Å². The number of nitro benzene ring substituents is 1. The van der Waals surface area contributed by atoms with E-state index in [4.69, 9.17) is 4.42 Å². The van der Waals surface area contributed by atoms with Gasteiger partial charge >= 0.3 is 126 Å². The van der Waals surface area contributed by atoms with Gasteiger partial charge in [-0.15, -0.1) is 0 Å². The molecule has 0 aliphatic rings. The third-order valence-electron chi connectivity index (χ3n) is 3.07. The van der Waals surface area contributed by atoms with E-state index in [1.54, 1.807) is 6.07 Å². The molecule has 2 aromatic carbocycles. The SMILES string of the molecule is CC.CCC[I-]c1cc2c(cc1[N+](=O)[O-])oc1ccccc12. The average molecular weight is 412 g/mol. The van der Waals surface area contributed by atoms with Crippen molar-refractivity contribution in [3.8, 4) is 0 Å². The Labute approximate surface area is 139 Å². The molecule has 0 aliphatic heterocycles. The fourth-order valence-corrected chi connectivity index (χ4v) is 4.57. The van der Waals surface area contributed by atoms with E-state index in [0.29, 0.717) is 5.58 Å². The summed E-state index contributed by atoms with van der Waals surface area (Å²) in [5.74, 6) is 0. The normalized spacial score (nSPS) is 10.7. The summed E-state index contributed by atoms with van der Waals surface area (Å²) in [6, 6.07) is 11.3. The average Bonchev–Trinajstić information content (AvgIpc) is 2.91. The third kappa shape index (κ3) is 3.24. The van der Waals surface area contributed by atoms with E-state index in [2.05, 4.69) is 6.92 Å². The number of hydrogen-bond acceptors (Lipinski definition) is 3. The minimum absolute atomic E-state index is 0.206. The van der Waals surface area contributed by atoms with Gasteiger partial charge < -0.3 is 0 Å². The van der Waals surface area contributed by atoms with Gasteiger partial charge in [-0.25, -0.2) is 0 Å². The van der Waals surface area contributed by atoms with Crippen LogP contribution in [0.15, 0.2) is 40.8 Å². The van der Waals surface area contributed by atoms with Crippen molar-refractivity contribution >= 4 is 27.6 Å². The molecule has 0 fully saturated rings. The first-order valence-corrected chi connectivity index (χ1v) is 10.00. The summed E-state index contributed by atoms with van der Waals surface area (Å²) in [7, 11) is 0. The molecule has 0 atom stereocenters. The Balaban J connectivity index is 0.000000847. The molecule has 3 aromatic rings. The number of alkyl halides is 1. The molecule has 0 N–H and O–H groups in total. The molecule has 5 heteroatoms. The summed E-state index contributed by atoms with van der Waals surface area (Å²) in [5.41, 5.74) is 1.59. The zero-order chi connectivity index (χ0) is 16.1. The molecule has 0 aliphatic carbocycles. The van der Waals surface area contributed by atoms with Gasteiger partial charge in [0, 0.05) is 0 Å². The van der Waals surface area contributed by atoms with Crippen molar-refractivity contribution in [3.63, 3.8) is 0 Å². The minimum atomic E-state index is -0.324. The monoisotopic (exact) mass is 412 g/mol. The number of furan rings is 1. The molecule has 0 saturated heterocycles. The van der Waals surface area contributed by atoms with Gasteiger partial charge in [0.25, 0.3) is 0 Å². The van der Waals surface area contributed by atoms with Gasteiger partial charge in [-0.1, -0.05) is 13.8 Å².